The minimum absolute atomic E-state index is 0.0106. The van der Waals surface area contributed by atoms with Crippen molar-refractivity contribution in [1.29, 1.82) is 0 Å². The van der Waals surface area contributed by atoms with Crippen molar-refractivity contribution in [3.05, 3.63) is 36.1 Å². The second-order valence-electron chi connectivity index (χ2n) is 8.00. The van der Waals surface area contributed by atoms with Crippen LogP contribution in [-0.4, -0.2) is 17.1 Å². The Bertz CT molecular complexity index is 561. The number of carbonyl (C=O) groups excluding carboxylic acids is 1. The van der Waals surface area contributed by atoms with E-state index < -0.39 is 11.7 Å². The molecule has 1 aliphatic carbocycles. The van der Waals surface area contributed by atoms with Gasteiger partial charge < -0.3 is 5.11 Å². The molecular weight excluding hydrogens is 365 g/mol. The van der Waals surface area contributed by atoms with Crippen LogP contribution in [0.2, 0.25) is 0 Å². The van der Waals surface area contributed by atoms with E-state index in [0.717, 1.165) is 44.9 Å². The molecular formula is C23H35F3O2. The smallest absolute Gasteiger partial charge is 0.412 e. The lowest BCUT2D eigenvalue weighted by Crippen LogP contribution is -2.15. The number of carbonyl (C=O) groups is 1. The average molecular weight is 401 g/mol. The Balaban J connectivity index is 2.45. The molecule has 0 saturated heterocycles. The number of rotatable bonds is 13. The Kier molecular flexibility index (Phi) is 10.6. The van der Waals surface area contributed by atoms with E-state index in [2.05, 4.69) is 13.2 Å². The van der Waals surface area contributed by atoms with Gasteiger partial charge in [0.15, 0.2) is 0 Å². The lowest BCUT2D eigenvalue weighted by atomic mass is 9.86. The molecule has 2 nitrogen and oxygen atoms in total. The fraction of sp³-hybridized carbons (Fsp3) is 0.696. The van der Waals surface area contributed by atoms with E-state index in [-0.39, 0.29) is 24.0 Å². The van der Waals surface area contributed by atoms with Crippen LogP contribution >= 0.6 is 0 Å². The molecule has 0 aliphatic heterocycles. The Morgan fingerprint density at radius 1 is 1.11 bits per heavy atom. The van der Waals surface area contributed by atoms with Crippen molar-refractivity contribution in [2.24, 2.45) is 11.8 Å². The second-order valence-corrected chi connectivity index (χ2v) is 8.00. The number of Topliss-reactive ketones (excluding diaryl/α,β-unsaturated/α-hetero) is 1. The van der Waals surface area contributed by atoms with Gasteiger partial charge >= 0.3 is 6.18 Å². The van der Waals surface area contributed by atoms with Gasteiger partial charge in [-0.15, -0.1) is 0 Å². The topological polar surface area (TPSA) is 37.3 Å². The maximum atomic E-state index is 13.0. The SMILES string of the molecule is C=C(O)CCCCCCC1C(=O)CCC1CCC(=C)/C=C(\CCC)C(F)(F)F. The molecule has 1 saturated carbocycles. The molecule has 1 N–H and O–H groups in total. The summed E-state index contributed by atoms with van der Waals surface area (Å²) in [5, 5.41) is 9.07. The number of alkyl halides is 3. The predicted octanol–water partition coefficient (Wildman–Crippen LogP) is 7.62. The van der Waals surface area contributed by atoms with Crippen LogP contribution in [0, 0.1) is 11.8 Å². The fourth-order valence-electron chi connectivity index (χ4n) is 4.02. The van der Waals surface area contributed by atoms with Crippen molar-refractivity contribution in [2.45, 2.75) is 90.1 Å². The summed E-state index contributed by atoms with van der Waals surface area (Å²) in [6.45, 7) is 9.02. The van der Waals surface area contributed by atoms with Gasteiger partial charge in [0.2, 0.25) is 0 Å². The van der Waals surface area contributed by atoms with Gasteiger partial charge in [-0.2, -0.15) is 13.2 Å². The minimum Gasteiger partial charge on any atom is -0.513 e. The van der Waals surface area contributed by atoms with E-state index in [9.17, 15) is 18.0 Å². The molecule has 1 rings (SSSR count). The Labute approximate surface area is 167 Å². The van der Waals surface area contributed by atoms with Crippen molar-refractivity contribution >= 4 is 5.78 Å². The molecule has 0 amide bonds. The molecule has 28 heavy (non-hydrogen) atoms. The lowest BCUT2D eigenvalue weighted by Gasteiger charge is -2.19. The maximum absolute atomic E-state index is 13.0. The molecule has 0 aromatic rings. The second kappa shape index (κ2) is 12.1. The molecule has 2 unspecified atom stereocenters. The van der Waals surface area contributed by atoms with Crippen LogP contribution < -0.4 is 0 Å². The first-order chi connectivity index (χ1) is 13.1. The molecule has 1 fully saturated rings. The number of hydrogen-bond acceptors (Lipinski definition) is 2. The van der Waals surface area contributed by atoms with Gasteiger partial charge in [-0.1, -0.05) is 57.4 Å². The van der Waals surface area contributed by atoms with Crippen LogP contribution in [0.25, 0.3) is 0 Å². The molecule has 5 heteroatoms. The predicted molar refractivity (Wildman–Crippen MR) is 108 cm³/mol. The van der Waals surface area contributed by atoms with E-state index in [0.29, 0.717) is 37.0 Å². The van der Waals surface area contributed by atoms with Crippen LogP contribution in [0.15, 0.2) is 36.1 Å². The molecule has 0 bridgehead atoms. The third kappa shape index (κ3) is 9.11. The minimum atomic E-state index is -4.30. The van der Waals surface area contributed by atoms with E-state index in [1.165, 1.54) is 6.08 Å². The largest absolute Gasteiger partial charge is 0.513 e. The summed E-state index contributed by atoms with van der Waals surface area (Å²) in [4.78, 5) is 12.2. The van der Waals surface area contributed by atoms with Crippen molar-refractivity contribution in [2.75, 3.05) is 0 Å². The number of aliphatic hydroxyl groups excluding tert-OH is 1. The van der Waals surface area contributed by atoms with Crippen LogP contribution in [0.3, 0.4) is 0 Å². The number of halogens is 3. The van der Waals surface area contributed by atoms with Gasteiger partial charge in [-0.25, -0.2) is 0 Å². The molecule has 0 aromatic carbocycles. The first-order valence-corrected chi connectivity index (χ1v) is 10.5. The highest BCUT2D eigenvalue weighted by molar-refractivity contribution is 5.83. The summed E-state index contributed by atoms with van der Waals surface area (Å²) in [5.41, 5.74) is -0.00674. The Hall–Kier alpha value is -1.52. The summed E-state index contributed by atoms with van der Waals surface area (Å²) >= 11 is 0. The average Bonchev–Trinajstić information content (AvgIpc) is 2.94. The number of allylic oxidation sites excluding steroid dienone is 4. The van der Waals surface area contributed by atoms with E-state index in [1.807, 2.05) is 0 Å². The van der Waals surface area contributed by atoms with Gasteiger partial charge in [-0.05, 0) is 44.4 Å². The van der Waals surface area contributed by atoms with Gasteiger partial charge in [0.05, 0.1) is 5.76 Å². The number of ketones is 1. The van der Waals surface area contributed by atoms with Gasteiger partial charge in [0.1, 0.15) is 5.78 Å². The van der Waals surface area contributed by atoms with E-state index in [1.54, 1.807) is 6.92 Å². The highest BCUT2D eigenvalue weighted by atomic mass is 19.4. The third-order valence-corrected chi connectivity index (χ3v) is 5.57. The molecule has 0 spiro atoms. The fourth-order valence-corrected chi connectivity index (χ4v) is 4.02. The summed E-state index contributed by atoms with van der Waals surface area (Å²) in [6.07, 6.45) is 5.41. The van der Waals surface area contributed by atoms with Crippen molar-refractivity contribution in [1.82, 2.24) is 0 Å². The summed E-state index contributed by atoms with van der Waals surface area (Å²) in [6, 6.07) is 0. The quantitative estimate of drug-likeness (QED) is 0.196. The van der Waals surface area contributed by atoms with E-state index in [4.69, 9.17) is 5.11 Å². The summed E-state index contributed by atoms with van der Waals surface area (Å²) < 4.78 is 39.1. The first kappa shape index (κ1) is 24.5. The van der Waals surface area contributed by atoms with Gasteiger partial charge in [0.25, 0.3) is 0 Å². The standard InChI is InChI=1S/C23H35F3O2/c1-4-9-20(23(24,25)26)16-17(2)12-13-19-14-15-22(28)21(19)11-8-6-5-7-10-18(3)27/h16,19,21,27H,2-15H2,1H3/b20-16+. The monoisotopic (exact) mass is 400 g/mol. The molecule has 2 atom stereocenters. The highest BCUT2D eigenvalue weighted by Crippen LogP contribution is 2.37. The molecule has 0 aromatic heterocycles. The molecule has 160 valence electrons. The normalized spacial score (nSPS) is 20.6. The van der Waals surface area contributed by atoms with Crippen molar-refractivity contribution in [3.63, 3.8) is 0 Å². The van der Waals surface area contributed by atoms with Crippen LogP contribution in [0.4, 0.5) is 13.2 Å². The molecule has 0 heterocycles. The molecule has 1 aliphatic rings. The van der Waals surface area contributed by atoms with Crippen molar-refractivity contribution < 1.29 is 23.1 Å². The summed E-state index contributed by atoms with van der Waals surface area (Å²) in [7, 11) is 0. The third-order valence-electron chi connectivity index (χ3n) is 5.57. The lowest BCUT2D eigenvalue weighted by molar-refractivity contribution is -0.121. The zero-order valence-electron chi connectivity index (χ0n) is 17.1. The van der Waals surface area contributed by atoms with Crippen LogP contribution in [0.5, 0.6) is 0 Å². The van der Waals surface area contributed by atoms with Crippen LogP contribution in [-0.2, 0) is 4.79 Å². The highest BCUT2D eigenvalue weighted by Gasteiger charge is 2.34. The van der Waals surface area contributed by atoms with Crippen molar-refractivity contribution in [3.8, 4) is 0 Å². The maximum Gasteiger partial charge on any atom is 0.412 e. The Morgan fingerprint density at radius 2 is 1.79 bits per heavy atom. The number of aliphatic hydroxyl groups is 1. The summed E-state index contributed by atoms with van der Waals surface area (Å²) in [5.74, 6) is 0.822. The zero-order valence-corrected chi connectivity index (χ0v) is 17.1. The number of hydrogen-bond donors (Lipinski definition) is 1. The molecule has 0 radical (unpaired) electrons. The first-order valence-electron chi connectivity index (χ1n) is 10.5. The van der Waals surface area contributed by atoms with Crippen LogP contribution in [0.1, 0.15) is 84.0 Å². The zero-order chi connectivity index (χ0) is 21.2. The number of unbranched alkanes of at least 4 members (excludes halogenated alkanes) is 3. The Morgan fingerprint density at radius 3 is 2.39 bits per heavy atom. The van der Waals surface area contributed by atoms with E-state index >= 15 is 0 Å². The van der Waals surface area contributed by atoms with Gasteiger partial charge in [0, 0.05) is 24.3 Å². The van der Waals surface area contributed by atoms with Gasteiger partial charge in [-0.3, -0.25) is 4.79 Å².